The summed E-state index contributed by atoms with van der Waals surface area (Å²) in [5.41, 5.74) is 3.02. The molecule has 2 aromatic carbocycles. The molecule has 32 heavy (non-hydrogen) atoms. The van der Waals surface area contributed by atoms with Crippen LogP contribution in [0, 0.1) is 13.8 Å². The van der Waals surface area contributed by atoms with Crippen molar-refractivity contribution in [1.29, 1.82) is 0 Å². The lowest BCUT2D eigenvalue weighted by atomic mass is 10.1. The van der Waals surface area contributed by atoms with Gasteiger partial charge < -0.3 is 14.8 Å². The number of hydrogen-bond acceptors (Lipinski definition) is 6. The first-order chi connectivity index (χ1) is 15.3. The van der Waals surface area contributed by atoms with Crippen LogP contribution in [0.25, 0.3) is 6.08 Å². The van der Waals surface area contributed by atoms with Crippen molar-refractivity contribution in [2.24, 2.45) is 0 Å². The minimum absolute atomic E-state index is 0.214. The Bertz CT molecular complexity index is 1100. The van der Waals surface area contributed by atoms with Crippen molar-refractivity contribution >= 4 is 35.5 Å². The molecule has 3 rings (SSSR count). The SMILES string of the molecule is CCOc1cc(C=C2C(=O)NC(=O)NC2=O)ccc1OCC(=O)Nc1ccc(C)cc1C. The molecule has 1 fully saturated rings. The molecular weight excluding hydrogens is 414 g/mol. The minimum Gasteiger partial charge on any atom is -0.490 e. The molecule has 0 spiro atoms. The molecule has 1 aliphatic heterocycles. The van der Waals surface area contributed by atoms with Crippen LogP contribution in [0.1, 0.15) is 23.6 Å². The molecule has 1 heterocycles. The zero-order valence-corrected chi connectivity index (χ0v) is 17.9. The van der Waals surface area contributed by atoms with Crippen LogP contribution in [-0.4, -0.2) is 37.0 Å². The highest BCUT2D eigenvalue weighted by Gasteiger charge is 2.27. The Morgan fingerprint density at radius 3 is 2.34 bits per heavy atom. The Hall–Kier alpha value is -4.14. The van der Waals surface area contributed by atoms with E-state index in [1.807, 2.05) is 42.7 Å². The summed E-state index contributed by atoms with van der Waals surface area (Å²) >= 11 is 0. The molecule has 3 N–H and O–H groups in total. The predicted octanol–water partition coefficient (Wildman–Crippen LogP) is 2.47. The molecule has 9 nitrogen and oxygen atoms in total. The molecule has 1 aliphatic rings. The number of nitrogens with one attached hydrogen (secondary N) is 3. The number of benzene rings is 2. The van der Waals surface area contributed by atoms with Gasteiger partial charge in [-0.3, -0.25) is 25.0 Å². The van der Waals surface area contributed by atoms with Crippen molar-refractivity contribution < 1.29 is 28.7 Å². The van der Waals surface area contributed by atoms with Gasteiger partial charge in [0.1, 0.15) is 5.57 Å². The number of hydrogen-bond donors (Lipinski definition) is 3. The van der Waals surface area contributed by atoms with E-state index >= 15 is 0 Å². The minimum atomic E-state index is -0.866. The third-order valence-electron chi connectivity index (χ3n) is 4.54. The lowest BCUT2D eigenvalue weighted by Crippen LogP contribution is -2.51. The van der Waals surface area contributed by atoms with Crippen LogP contribution in [0.2, 0.25) is 0 Å². The first-order valence-electron chi connectivity index (χ1n) is 9.92. The van der Waals surface area contributed by atoms with Gasteiger partial charge in [-0.15, -0.1) is 0 Å². The van der Waals surface area contributed by atoms with E-state index in [1.165, 1.54) is 6.08 Å². The first-order valence-corrected chi connectivity index (χ1v) is 9.92. The topological polar surface area (TPSA) is 123 Å². The Labute approximate surface area is 184 Å². The number of rotatable bonds is 7. The first kappa shape index (κ1) is 22.5. The lowest BCUT2D eigenvalue weighted by molar-refractivity contribution is -0.124. The van der Waals surface area contributed by atoms with Crippen LogP contribution in [-0.2, 0) is 14.4 Å². The summed E-state index contributed by atoms with van der Waals surface area (Å²) in [6, 6.07) is 9.60. The number of ether oxygens (including phenoxy) is 2. The highest BCUT2D eigenvalue weighted by Crippen LogP contribution is 2.29. The van der Waals surface area contributed by atoms with E-state index < -0.39 is 17.8 Å². The molecule has 0 bridgehead atoms. The lowest BCUT2D eigenvalue weighted by Gasteiger charge is -2.15. The van der Waals surface area contributed by atoms with E-state index in [0.29, 0.717) is 29.4 Å². The zero-order valence-electron chi connectivity index (χ0n) is 17.9. The second-order valence-corrected chi connectivity index (χ2v) is 7.09. The molecule has 1 saturated heterocycles. The zero-order chi connectivity index (χ0) is 23.3. The third-order valence-corrected chi connectivity index (χ3v) is 4.54. The third kappa shape index (κ3) is 5.51. The van der Waals surface area contributed by atoms with E-state index in [2.05, 4.69) is 5.32 Å². The van der Waals surface area contributed by atoms with E-state index in [1.54, 1.807) is 25.1 Å². The number of anilines is 1. The van der Waals surface area contributed by atoms with Crippen LogP contribution in [0.3, 0.4) is 0 Å². The van der Waals surface area contributed by atoms with Gasteiger partial charge in [-0.1, -0.05) is 23.8 Å². The van der Waals surface area contributed by atoms with Gasteiger partial charge in [0.2, 0.25) is 0 Å². The number of aryl methyl sites for hydroxylation is 2. The molecule has 166 valence electrons. The summed E-state index contributed by atoms with van der Waals surface area (Å²) in [6.45, 7) is 5.77. The van der Waals surface area contributed by atoms with E-state index in [-0.39, 0.29) is 18.1 Å². The summed E-state index contributed by atoms with van der Waals surface area (Å²) < 4.78 is 11.2. The van der Waals surface area contributed by atoms with Gasteiger partial charge in [-0.2, -0.15) is 0 Å². The molecule has 0 radical (unpaired) electrons. The Morgan fingerprint density at radius 1 is 0.969 bits per heavy atom. The van der Waals surface area contributed by atoms with Crippen molar-refractivity contribution in [1.82, 2.24) is 10.6 Å². The van der Waals surface area contributed by atoms with Gasteiger partial charge in [0.05, 0.1) is 6.61 Å². The number of barbiturate groups is 1. The van der Waals surface area contributed by atoms with Gasteiger partial charge in [0.25, 0.3) is 17.7 Å². The Kier molecular flexibility index (Phi) is 6.89. The number of imide groups is 2. The Balaban J connectivity index is 1.72. The fourth-order valence-corrected chi connectivity index (χ4v) is 3.06. The molecule has 9 heteroatoms. The van der Waals surface area contributed by atoms with Crippen molar-refractivity contribution in [2.75, 3.05) is 18.5 Å². The van der Waals surface area contributed by atoms with Gasteiger partial charge >= 0.3 is 6.03 Å². The second-order valence-electron chi connectivity index (χ2n) is 7.09. The van der Waals surface area contributed by atoms with Crippen LogP contribution in [0.15, 0.2) is 42.0 Å². The van der Waals surface area contributed by atoms with Gasteiger partial charge in [-0.05, 0) is 56.2 Å². The summed E-state index contributed by atoms with van der Waals surface area (Å²) in [5.74, 6) is -1.24. The average molecular weight is 437 g/mol. The van der Waals surface area contributed by atoms with Crippen LogP contribution < -0.4 is 25.4 Å². The monoisotopic (exact) mass is 437 g/mol. The van der Waals surface area contributed by atoms with Crippen LogP contribution >= 0.6 is 0 Å². The summed E-state index contributed by atoms with van der Waals surface area (Å²) in [7, 11) is 0. The molecular formula is C23H23N3O6. The maximum Gasteiger partial charge on any atom is 0.328 e. The van der Waals surface area contributed by atoms with Crippen LogP contribution in [0.5, 0.6) is 11.5 Å². The van der Waals surface area contributed by atoms with Gasteiger partial charge in [0, 0.05) is 5.69 Å². The highest BCUT2D eigenvalue weighted by molar-refractivity contribution is 6.31. The number of carbonyl (C=O) groups is 4. The number of amides is 5. The smallest absolute Gasteiger partial charge is 0.328 e. The largest absolute Gasteiger partial charge is 0.490 e. The molecule has 0 aliphatic carbocycles. The standard InChI is InChI=1S/C23H23N3O6/c1-4-31-19-11-15(10-16-21(28)25-23(30)26-22(16)29)6-8-18(19)32-12-20(27)24-17-7-5-13(2)9-14(17)3/h5-11H,4,12H2,1-3H3,(H,24,27)(H2,25,26,28,29,30). The summed E-state index contributed by atoms with van der Waals surface area (Å²) in [5, 5.41) is 6.83. The fourth-order valence-electron chi connectivity index (χ4n) is 3.06. The van der Waals surface area contributed by atoms with Gasteiger partial charge in [0.15, 0.2) is 18.1 Å². The number of carbonyl (C=O) groups excluding carboxylic acids is 4. The highest BCUT2D eigenvalue weighted by atomic mass is 16.5. The van der Waals surface area contributed by atoms with Crippen LogP contribution in [0.4, 0.5) is 10.5 Å². The predicted molar refractivity (Wildman–Crippen MR) is 117 cm³/mol. The van der Waals surface area contributed by atoms with E-state index in [4.69, 9.17) is 9.47 Å². The summed E-state index contributed by atoms with van der Waals surface area (Å²) in [4.78, 5) is 47.3. The molecule has 0 saturated carbocycles. The molecule has 0 atom stereocenters. The van der Waals surface area contributed by atoms with E-state index in [0.717, 1.165) is 11.1 Å². The van der Waals surface area contributed by atoms with Crippen molar-refractivity contribution in [3.05, 3.63) is 58.7 Å². The number of urea groups is 1. The maximum atomic E-state index is 12.3. The van der Waals surface area contributed by atoms with Crippen molar-refractivity contribution in [3.63, 3.8) is 0 Å². The van der Waals surface area contributed by atoms with Crippen molar-refractivity contribution in [2.45, 2.75) is 20.8 Å². The summed E-state index contributed by atoms with van der Waals surface area (Å²) in [6.07, 6.45) is 1.33. The normalized spacial score (nSPS) is 13.2. The Morgan fingerprint density at radius 2 is 1.69 bits per heavy atom. The molecule has 5 amide bonds. The van der Waals surface area contributed by atoms with Gasteiger partial charge in [-0.25, -0.2) is 4.79 Å². The van der Waals surface area contributed by atoms with Crippen molar-refractivity contribution in [3.8, 4) is 11.5 Å². The quantitative estimate of drug-likeness (QED) is 0.452. The fraction of sp³-hybridized carbons (Fsp3) is 0.217. The molecule has 0 aromatic heterocycles. The maximum absolute atomic E-state index is 12.3. The average Bonchev–Trinajstić information content (AvgIpc) is 2.72. The molecule has 0 unspecified atom stereocenters. The molecule has 2 aromatic rings. The van der Waals surface area contributed by atoms with E-state index in [9.17, 15) is 19.2 Å². The second kappa shape index (κ2) is 9.78.